The zero-order valence-corrected chi connectivity index (χ0v) is 12.5. The van der Waals surface area contributed by atoms with Crippen LogP contribution in [0.4, 0.5) is 0 Å². The summed E-state index contributed by atoms with van der Waals surface area (Å²) in [4.78, 5) is 38.8. The highest BCUT2D eigenvalue weighted by molar-refractivity contribution is 6.07. The van der Waals surface area contributed by atoms with Crippen molar-refractivity contribution in [2.24, 2.45) is 5.41 Å². The van der Waals surface area contributed by atoms with Gasteiger partial charge in [-0.1, -0.05) is 0 Å². The van der Waals surface area contributed by atoms with Gasteiger partial charge in [-0.05, 0) is 19.3 Å². The first kappa shape index (κ1) is 15.8. The zero-order valence-electron chi connectivity index (χ0n) is 12.5. The fraction of sp³-hybridized carbons (Fsp3) is 0.786. The van der Waals surface area contributed by atoms with Crippen LogP contribution in [-0.2, 0) is 19.1 Å². The van der Waals surface area contributed by atoms with Crippen LogP contribution in [0.3, 0.4) is 0 Å². The number of nitrogens with one attached hydrogen (secondary N) is 1. The standard InChI is InChI=1S/C14H23N3O4/c1-21-10-2-5-15-12(19)14(3-4-14)13(20)17-8-6-16(11-18)7-9-17/h11H,2-10H2,1H3,(H,15,19). The summed E-state index contributed by atoms with van der Waals surface area (Å²) in [6, 6.07) is 0. The second kappa shape index (κ2) is 6.89. The summed E-state index contributed by atoms with van der Waals surface area (Å²) in [6.45, 7) is 3.23. The van der Waals surface area contributed by atoms with Crippen molar-refractivity contribution in [1.29, 1.82) is 0 Å². The molecule has 2 fully saturated rings. The normalized spacial score (nSPS) is 20.0. The van der Waals surface area contributed by atoms with Gasteiger partial charge in [0.2, 0.25) is 18.2 Å². The van der Waals surface area contributed by atoms with E-state index in [2.05, 4.69) is 5.32 Å². The maximum atomic E-state index is 12.5. The van der Waals surface area contributed by atoms with Gasteiger partial charge >= 0.3 is 0 Å². The third-order valence-electron chi connectivity index (χ3n) is 4.16. The molecule has 0 atom stereocenters. The largest absolute Gasteiger partial charge is 0.385 e. The fourth-order valence-electron chi connectivity index (χ4n) is 2.58. The number of ether oxygens (including phenoxy) is 1. The predicted molar refractivity (Wildman–Crippen MR) is 75.4 cm³/mol. The van der Waals surface area contributed by atoms with E-state index in [0.717, 1.165) is 12.8 Å². The molecule has 2 rings (SSSR count). The Bertz CT molecular complexity index is 401. The van der Waals surface area contributed by atoms with Crippen LogP contribution in [0.2, 0.25) is 0 Å². The van der Waals surface area contributed by atoms with Crippen molar-refractivity contribution in [3.05, 3.63) is 0 Å². The summed E-state index contributed by atoms with van der Waals surface area (Å²) in [5, 5.41) is 2.83. The highest BCUT2D eigenvalue weighted by atomic mass is 16.5. The molecular weight excluding hydrogens is 274 g/mol. The molecule has 7 heteroatoms. The van der Waals surface area contributed by atoms with Gasteiger partial charge in [0.15, 0.2) is 0 Å². The minimum Gasteiger partial charge on any atom is -0.385 e. The van der Waals surface area contributed by atoms with Crippen molar-refractivity contribution >= 4 is 18.2 Å². The number of rotatable bonds is 7. The molecule has 0 aromatic carbocycles. The monoisotopic (exact) mass is 297 g/mol. The van der Waals surface area contributed by atoms with Crippen molar-refractivity contribution in [2.45, 2.75) is 19.3 Å². The summed E-state index contributed by atoms with van der Waals surface area (Å²) in [5.41, 5.74) is -0.851. The minimum absolute atomic E-state index is 0.0858. The number of amides is 3. The van der Waals surface area contributed by atoms with Gasteiger partial charge < -0.3 is 19.9 Å². The number of hydrogen-bond donors (Lipinski definition) is 1. The van der Waals surface area contributed by atoms with Gasteiger partial charge in [-0.15, -0.1) is 0 Å². The quantitative estimate of drug-likeness (QED) is 0.380. The molecule has 0 aromatic rings. The van der Waals surface area contributed by atoms with Crippen molar-refractivity contribution in [1.82, 2.24) is 15.1 Å². The highest BCUT2D eigenvalue weighted by Gasteiger charge is 2.57. The van der Waals surface area contributed by atoms with Gasteiger partial charge in [0, 0.05) is 46.4 Å². The van der Waals surface area contributed by atoms with E-state index in [9.17, 15) is 14.4 Å². The average Bonchev–Trinajstić information content (AvgIpc) is 3.32. The van der Waals surface area contributed by atoms with Gasteiger partial charge in [-0.25, -0.2) is 0 Å². The van der Waals surface area contributed by atoms with Crippen molar-refractivity contribution in [3.8, 4) is 0 Å². The number of hydrogen-bond acceptors (Lipinski definition) is 4. The number of nitrogens with zero attached hydrogens (tertiary/aromatic N) is 2. The SMILES string of the molecule is COCCCNC(=O)C1(C(=O)N2CCN(C=O)CC2)CC1. The molecule has 0 bridgehead atoms. The van der Waals surface area contributed by atoms with Crippen LogP contribution in [0.25, 0.3) is 0 Å². The molecule has 1 saturated carbocycles. The van der Waals surface area contributed by atoms with Crippen molar-refractivity contribution in [3.63, 3.8) is 0 Å². The number of carbonyl (C=O) groups is 3. The molecule has 0 aromatic heterocycles. The van der Waals surface area contributed by atoms with Crippen molar-refractivity contribution in [2.75, 3.05) is 46.4 Å². The van der Waals surface area contributed by atoms with E-state index in [4.69, 9.17) is 4.74 Å². The molecule has 0 spiro atoms. The Labute approximate surface area is 124 Å². The van der Waals surface area contributed by atoms with Gasteiger partial charge in [-0.3, -0.25) is 14.4 Å². The molecule has 0 unspecified atom stereocenters. The van der Waals surface area contributed by atoms with E-state index < -0.39 is 5.41 Å². The summed E-state index contributed by atoms with van der Waals surface area (Å²) in [5.74, 6) is -0.251. The Morgan fingerprint density at radius 1 is 1.24 bits per heavy atom. The van der Waals surface area contributed by atoms with Crippen LogP contribution in [0, 0.1) is 5.41 Å². The van der Waals surface area contributed by atoms with E-state index in [-0.39, 0.29) is 11.8 Å². The summed E-state index contributed by atoms with van der Waals surface area (Å²) in [6.07, 6.45) is 2.79. The lowest BCUT2D eigenvalue weighted by Gasteiger charge is -2.34. The maximum Gasteiger partial charge on any atom is 0.238 e. The molecule has 1 aliphatic heterocycles. The Hall–Kier alpha value is -1.63. The molecular formula is C14H23N3O4. The molecule has 3 amide bonds. The molecule has 21 heavy (non-hydrogen) atoms. The Morgan fingerprint density at radius 3 is 2.43 bits per heavy atom. The summed E-state index contributed by atoms with van der Waals surface area (Å²) in [7, 11) is 1.62. The van der Waals surface area contributed by atoms with Crippen LogP contribution in [0.15, 0.2) is 0 Å². The summed E-state index contributed by atoms with van der Waals surface area (Å²) >= 11 is 0. The average molecular weight is 297 g/mol. The molecule has 1 heterocycles. The summed E-state index contributed by atoms with van der Waals surface area (Å²) < 4.78 is 4.93. The molecule has 0 radical (unpaired) electrons. The van der Waals surface area contributed by atoms with E-state index in [0.29, 0.717) is 52.2 Å². The Kier molecular flexibility index (Phi) is 5.17. The van der Waals surface area contributed by atoms with Gasteiger partial charge in [0.25, 0.3) is 0 Å². The van der Waals surface area contributed by atoms with Gasteiger partial charge in [0.05, 0.1) is 0 Å². The fourth-order valence-corrected chi connectivity index (χ4v) is 2.58. The van der Waals surface area contributed by atoms with Crippen LogP contribution >= 0.6 is 0 Å². The van der Waals surface area contributed by atoms with Gasteiger partial charge in [-0.2, -0.15) is 0 Å². The third kappa shape index (κ3) is 3.53. The highest BCUT2D eigenvalue weighted by Crippen LogP contribution is 2.47. The molecule has 1 N–H and O–H groups in total. The van der Waals surface area contributed by atoms with Crippen LogP contribution in [-0.4, -0.2) is 74.5 Å². The van der Waals surface area contributed by atoms with Crippen molar-refractivity contribution < 1.29 is 19.1 Å². The smallest absolute Gasteiger partial charge is 0.238 e. The first-order valence-electron chi connectivity index (χ1n) is 7.40. The maximum absolute atomic E-state index is 12.5. The number of piperazine rings is 1. The lowest BCUT2D eigenvalue weighted by Crippen LogP contribution is -2.53. The number of methoxy groups -OCH3 is 1. The minimum atomic E-state index is -0.851. The van der Waals surface area contributed by atoms with Crippen LogP contribution in [0.5, 0.6) is 0 Å². The molecule has 2 aliphatic rings. The first-order chi connectivity index (χ1) is 10.1. The Balaban J connectivity index is 1.83. The van der Waals surface area contributed by atoms with E-state index in [1.165, 1.54) is 0 Å². The molecule has 7 nitrogen and oxygen atoms in total. The van der Waals surface area contributed by atoms with Crippen LogP contribution < -0.4 is 5.32 Å². The molecule has 1 aliphatic carbocycles. The molecule has 1 saturated heterocycles. The van der Waals surface area contributed by atoms with Gasteiger partial charge in [0.1, 0.15) is 5.41 Å². The second-order valence-electron chi connectivity index (χ2n) is 5.62. The van der Waals surface area contributed by atoms with E-state index in [1.807, 2.05) is 0 Å². The van der Waals surface area contributed by atoms with Crippen LogP contribution in [0.1, 0.15) is 19.3 Å². The van der Waals surface area contributed by atoms with E-state index >= 15 is 0 Å². The first-order valence-corrected chi connectivity index (χ1v) is 7.40. The lowest BCUT2D eigenvalue weighted by atomic mass is 10.0. The lowest BCUT2D eigenvalue weighted by molar-refractivity contribution is -0.146. The second-order valence-corrected chi connectivity index (χ2v) is 5.62. The zero-order chi connectivity index (χ0) is 15.3. The Morgan fingerprint density at radius 2 is 1.90 bits per heavy atom. The predicted octanol–water partition coefficient (Wildman–Crippen LogP) is -0.780. The third-order valence-corrected chi connectivity index (χ3v) is 4.16. The number of carbonyl (C=O) groups excluding carboxylic acids is 3. The molecule has 118 valence electrons. The topological polar surface area (TPSA) is 79.0 Å². The van der Waals surface area contributed by atoms with E-state index in [1.54, 1.807) is 16.9 Å².